The molecule has 0 fully saturated rings. The highest BCUT2D eigenvalue weighted by molar-refractivity contribution is 9.10. The van der Waals surface area contributed by atoms with Crippen LogP contribution in [0.1, 0.15) is 35.6 Å². The lowest BCUT2D eigenvalue weighted by molar-refractivity contribution is 0.286. The number of rotatable bonds is 8. The van der Waals surface area contributed by atoms with Gasteiger partial charge in [0, 0.05) is 46.5 Å². The summed E-state index contributed by atoms with van der Waals surface area (Å²) in [6, 6.07) is 16.2. The van der Waals surface area contributed by atoms with Crippen molar-refractivity contribution >= 4 is 66.8 Å². The average molecular weight is 706 g/mol. The molecule has 2 aliphatic heterocycles. The van der Waals surface area contributed by atoms with Crippen LogP contribution >= 0.6 is 55.4 Å². The Labute approximate surface area is 256 Å². The third-order valence-corrected chi connectivity index (χ3v) is 8.86. The Hall–Kier alpha value is -2.36. The second-order valence-corrected chi connectivity index (χ2v) is 12.5. The lowest BCUT2D eigenvalue weighted by atomic mass is 10.1. The predicted octanol–water partition coefficient (Wildman–Crippen LogP) is 4.65. The molecular formula is C26H26Br2N8O2S2. The van der Waals surface area contributed by atoms with E-state index in [-0.39, 0.29) is 13.2 Å². The molecule has 4 heterocycles. The van der Waals surface area contributed by atoms with E-state index in [4.69, 9.17) is 10.2 Å². The van der Waals surface area contributed by atoms with Crippen LogP contribution in [-0.4, -0.2) is 76.1 Å². The van der Waals surface area contributed by atoms with E-state index in [1.165, 1.54) is 0 Å². The van der Waals surface area contributed by atoms with Crippen molar-refractivity contribution in [1.29, 1.82) is 0 Å². The summed E-state index contributed by atoms with van der Waals surface area (Å²) in [5.74, 6) is 3.19. The highest BCUT2D eigenvalue weighted by Crippen LogP contribution is 2.26. The van der Waals surface area contributed by atoms with Crippen molar-refractivity contribution in [3.63, 3.8) is 0 Å². The summed E-state index contributed by atoms with van der Waals surface area (Å²) < 4.78 is 5.69. The quantitative estimate of drug-likeness (QED) is 0.272. The summed E-state index contributed by atoms with van der Waals surface area (Å²) in [7, 11) is 0. The minimum Gasteiger partial charge on any atom is -0.396 e. The lowest BCUT2D eigenvalue weighted by Crippen LogP contribution is -2.14. The molecule has 0 atom stereocenters. The van der Waals surface area contributed by atoms with E-state index in [1.54, 1.807) is 32.9 Å². The third kappa shape index (κ3) is 7.09. The number of hydrogen-bond donors (Lipinski definition) is 2. The Morgan fingerprint density at radius 1 is 0.625 bits per heavy atom. The number of aliphatic hydroxyl groups is 2. The Kier molecular flexibility index (Phi) is 10.2. The Morgan fingerprint density at radius 3 is 1.40 bits per heavy atom. The molecule has 6 rings (SSSR count). The van der Waals surface area contributed by atoms with Gasteiger partial charge in [-0.1, -0.05) is 79.6 Å². The van der Waals surface area contributed by atoms with Gasteiger partial charge in [-0.15, -0.1) is 20.4 Å². The zero-order valence-electron chi connectivity index (χ0n) is 21.3. The van der Waals surface area contributed by atoms with Gasteiger partial charge in [-0.3, -0.25) is 0 Å². The van der Waals surface area contributed by atoms with Crippen LogP contribution in [0.2, 0.25) is 0 Å². The molecule has 2 N–H and O–H groups in total. The normalized spacial score (nSPS) is 14.0. The van der Waals surface area contributed by atoms with Gasteiger partial charge in [-0.2, -0.15) is 19.6 Å². The molecule has 0 spiro atoms. The third-order valence-electron chi connectivity index (χ3n) is 5.94. The van der Waals surface area contributed by atoms with Crippen LogP contribution < -0.4 is 0 Å². The monoisotopic (exact) mass is 704 g/mol. The van der Waals surface area contributed by atoms with Crippen LogP contribution in [0.5, 0.6) is 0 Å². The second kappa shape index (κ2) is 14.0. The maximum atomic E-state index is 8.92. The summed E-state index contributed by atoms with van der Waals surface area (Å²) in [5, 5.41) is 45.3. The van der Waals surface area contributed by atoms with Gasteiger partial charge in [0.2, 0.25) is 10.3 Å². The van der Waals surface area contributed by atoms with Gasteiger partial charge in [-0.05, 0) is 48.2 Å². The fraction of sp³-hybridized carbons (Fsp3) is 0.308. The Bertz CT molecular complexity index is 1390. The fourth-order valence-corrected chi connectivity index (χ4v) is 6.13. The van der Waals surface area contributed by atoms with E-state index in [9.17, 15) is 0 Å². The number of aliphatic hydroxyl groups excluding tert-OH is 2. The number of aromatic nitrogens is 6. The first-order valence-electron chi connectivity index (χ1n) is 12.6. The minimum atomic E-state index is 0.151. The Morgan fingerprint density at radius 2 is 1.02 bits per heavy atom. The molecule has 0 saturated heterocycles. The second-order valence-electron chi connectivity index (χ2n) is 8.76. The minimum absolute atomic E-state index is 0.151. The van der Waals surface area contributed by atoms with Gasteiger partial charge in [0.15, 0.2) is 11.6 Å². The molecule has 0 amide bonds. The summed E-state index contributed by atoms with van der Waals surface area (Å²) in [6.07, 6.45) is 2.71. The van der Waals surface area contributed by atoms with Crippen LogP contribution in [0.25, 0.3) is 0 Å². The van der Waals surface area contributed by atoms with Crippen LogP contribution in [0.15, 0.2) is 78.0 Å². The van der Waals surface area contributed by atoms with Crippen LogP contribution in [-0.2, 0) is 12.8 Å². The van der Waals surface area contributed by atoms with Crippen molar-refractivity contribution in [2.75, 3.05) is 24.7 Å². The molecule has 2 aromatic carbocycles. The SMILES string of the molecule is OCCCc1nnc2n1N=C(c1ccc(Br)cc1)CS2.OCCCc1nnc2n1N=C(c1ccc(Br)cc1)CS2. The molecule has 208 valence electrons. The highest BCUT2D eigenvalue weighted by Gasteiger charge is 2.20. The van der Waals surface area contributed by atoms with E-state index in [0.29, 0.717) is 25.7 Å². The van der Waals surface area contributed by atoms with Gasteiger partial charge in [0.05, 0.1) is 11.4 Å². The van der Waals surface area contributed by atoms with E-state index in [1.807, 2.05) is 48.5 Å². The van der Waals surface area contributed by atoms with Crippen molar-refractivity contribution in [2.24, 2.45) is 10.2 Å². The molecular weight excluding hydrogens is 680 g/mol. The molecule has 0 aliphatic carbocycles. The highest BCUT2D eigenvalue weighted by atomic mass is 79.9. The zero-order valence-corrected chi connectivity index (χ0v) is 26.1. The molecule has 0 unspecified atom stereocenters. The molecule has 4 aromatic rings. The number of aryl methyl sites for hydroxylation is 2. The molecule has 0 bridgehead atoms. The van der Waals surface area contributed by atoms with E-state index in [0.717, 1.165) is 65.0 Å². The van der Waals surface area contributed by atoms with Crippen molar-refractivity contribution in [3.8, 4) is 0 Å². The summed E-state index contributed by atoms with van der Waals surface area (Å²) in [6.45, 7) is 0.303. The fourth-order valence-electron chi connectivity index (χ4n) is 3.89. The summed E-state index contributed by atoms with van der Waals surface area (Å²) >= 11 is 10.1. The Balaban J connectivity index is 0.000000161. The standard InChI is InChI=1S/2C13H13BrN4OS/c2*14-10-5-3-9(4-6-10)11-8-20-13-16-15-12(2-1-7-19)18(13)17-11/h2*3-6,19H,1-2,7-8H2. The summed E-state index contributed by atoms with van der Waals surface area (Å²) in [4.78, 5) is 0. The van der Waals surface area contributed by atoms with Crippen molar-refractivity contribution < 1.29 is 10.2 Å². The van der Waals surface area contributed by atoms with E-state index < -0.39 is 0 Å². The maximum Gasteiger partial charge on any atom is 0.212 e. The van der Waals surface area contributed by atoms with E-state index in [2.05, 4.69) is 62.5 Å². The predicted molar refractivity (Wildman–Crippen MR) is 164 cm³/mol. The largest absolute Gasteiger partial charge is 0.396 e. The van der Waals surface area contributed by atoms with Gasteiger partial charge in [-0.25, -0.2) is 0 Å². The van der Waals surface area contributed by atoms with Gasteiger partial charge in [0.1, 0.15) is 0 Å². The van der Waals surface area contributed by atoms with Gasteiger partial charge < -0.3 is 10.2 Å². The first kappa shape index (κ1) is 29.1. The molecule has 10 nitrogen and oxygen atoms in total. The van der Waals surface area contributed by atoms with Crippen molar-refractivity contribution in [2.45, 2.75) is 36.0 Å². The number of thioether (sulfide) groups is 2. The molecule has 0 saturated carbocycles. The molecule has 2 aliphatic rings. The van der Waals surface area contributed by atoms with Gasteiger partial charge in [0.25, 0.3) is 0 Å². The number of hydrogen-bond acceptors (Lipinski definition) is 10. The van der Waals surface area contributed by atoms with Crippen LogP contribution in [0.3, 0.4) is 0 Å². The number of fused-ring (bicyclic) bond motifs is 2. The average Bonchev–Trinajstić information content (AvgIpc) is 3.59. The van der Waals surface area contributed by atoms with E-state index >= 15 is 0 Å². The van der Waals surface area contributed by atoms with Crippen LogP contribution in [0.4, 0.5) is 0 Å². The first-order chi connectivity index (χ1) is 19.6. The number of halogens is 2. The van der Waals surface area contributed by atoms with Crippen molar-refractivity contribution in [3.05, 3.63) is 80.3 Å². The smallest absolute Gasteiger partial charge is 0.212 e. The molecule has 40 heavy (non-hydrogen) atoms. The van der Waals surface area contributed by atoms with Crippen molar-refractivity contribution in [1.82, 2.24) is 29.7 Å². The van der Waals surface area contributed by atoms with Crippen LogP contribution in [0, 0.1) is 0 Å². The molecule has 2 aromatic heterocycles. The first-order valence-corrected chi connectivity index (χ1v) is 16.1. The topological polar surface area (TPSA) is 127 Å². The lowest BCUT2D eigenvalue weighted by Gasteiger charge is -2.13. The maximum absolute atomic E-state index is 8.92. The number of benzene rings is 2. The zero-order chi connectivity index (χ0) is 27.9. The summed E-state index contributed by atoms with van der Waals surface area (Å²) in [5.41, 5.74) is 4.24. The molecule has 0 radical (unpaired) electrons. The van der Waals surface area contributed by atoms with Gasteiger partial charge >= 0.3 is 0 Å². The molecule has 14 heteroatoms. The number of nitrogens with zero attached hydrogens (tertiary/aromatic N) is 8.